The second kappa shape index (κ2) is 6.20. The van der Waals surface area contributed by atoms with E-state index in [1.165, 1.54) is 38.6 Å². The van der Waals surface area contributed by atoms with E-state index in [0.717, 1.165) is 0 Å². The van der Waals surface area contributed by atoms with Crippen LogP contribution in [0.25, 0.3) is 0 Å². The molecule has 1 N–H and O–H groups in total. The highest BCUT2D eigenvalue weighted by Gasteiger charge is 2.58. The third kappa shape index (κ3) is 3.03. The summed E-state index contributed by atoms with van der Waals surface area (Å²) >= 11 is 0. The van der Waals surface area contributed by atoms with Gasteiger partial charge in [-0.1, -0.05) is 13.0 Å². The number of hydrogen-bond acceptors (Lipinski definition) is 3. The van der Waals surface area contributed by atoms with Gasteiger partial charge in [-0.25, -0.2) is 0 Å². The standard InChI is InChI=1S/C17H18F3NO2/c1-11-10-14(23-3)4-5-15(11)12(2)16(22,17(18,19)20)13-6-8-21-9-7-13/h4-10,12,22H,1-3H3. The number of aromatic nitrogens is 1. The van der Waals surface area contributed by atoms with Crippen LogP contribution in [0.3, 0.4) is 0 Å². The van der Waals surface area contributed by atoms with Crippen LogP contribution in [0.15, 0.2) is 42.7 Å². The molecule has 23 heavy (non-hydrogen) atoms. The molecule has 0 aliphatic rings. The van der Waals surface area contributed by atoms with Crippen molar-refractivity contribution in [3.63, 3.8) is 0 Å². The molecule has 0 saturated heterocycles. The summed E-state index contributed by atoms with van der Waals surface area (Å²) in [6.07, 6.45) is -2.36. The number of hydrogen-bond donors (Lipinski definition) is 1. The molecule has 0 aliphatic carbocycles. The number of methoxy groups -OCH3 is 1. The van der Waals surface area contributed by atoms with Gasteiger partial charge in [-0.15, -0.1) is 0 Å². The Kier molecular flexibility index (Phi) is 4.66. The number of alkyl halides is 3. The van der Waals surface area contributed by atoms with E-state index in [1.807, 2.05) is 0 Å². The second-order valence-corrected chi connectivity index (χ2v) is 5.44. The minimum atomic E-state index is -4.83. The summed E-state index contributed by atoms with van der Waals surface area (Å²) in [6.45, 7) is 3.06. The Hall–Kier alpha value is -2.08. The molecule has 0 fully saturated rings. The molecule has 0 amide bonds. The maximum Gasteiger partial charge on any atom is 0.422 e. The van der Waals surface area contributed by atoms with Crippen molar-refractivity contribution in [2.24, 2.45) is 0 Å². The van der Waals surface area contributed by atoms with Gasteiger partial charge >= 0.3 is 6.18 Å². The van der Waals surface area contributed by atoms with Crippen LogP contribution < -0.4 is 4.74 Å². The van der Waals surface area contributed by atoms with Crippen molar-refractivity contribution >= 4 is 0 Å². The molecule has 124 valence electrons. The van der Waals surface area contributed by atoms with E-state index in [-0.39, 0.29) is 5.56 Å². The number of nitrogens with zero attached hydrogens (tertiary/aromatic N) is 1. The van der Waals surface area contributed by atoms with E-state index < -0.39 is 17.7 Å². The molecule has 1 aromatic carbocycles. The predicted octanol–water partition coefficient (Wildman–Crippen LogP) is 3.95. The van der Waals surface area contributed by atoms with Crippen molar-refractivity contribution in [3.05, 3.63) is 59.4 Å². The zero-order valence-electron chi connectivity index (χ0n) is 13.1. The van der Waals surface area contributed by atoms with Crippen LogP contribution in [-0.4, -0.2) is 23.4 Å². The van der Waals surface area contributed by atoms with E-state index in [0.29, 0.717) is 16.9 Å². The van der Waals surface area contributed by atoms with Gasteiger partial charge in [0, 0.05) is 18.3 Å². The fourth-order valence-corrected chi connectivity index (χ4v) is 2.75. The number of ether oxygens (including phenoxy) is 1. The summed E-state index contributed by atoms with van der Waals surface area (Å²) in [4.78, 5) is 3.72. The van der Waals surface area contributed by atoms with E-state index >= 15 is 0 Å². The summed E-state index contributed by atoms with van der Waals surface area (Å²) in [5, 5.41) is 10.6. The third-order valence-corrected chi connectivity index (χ3v) is 4.12. The lowest BCUT2D eigenvalue weighted by atomic mass is 9.77. The second-order valence-electron chi connectivity index (χ2n) is 5.44. The minimum absolute atomic E-state index is 0.234. The van der Waals surface area contributed by atoms with Crippen LogP contribution >= 0.6 is 0 Å². The molecule has 0 radical (unpaired) electrons. The summed E-state index contributed by atoms with van der Waals surface area (Å²) < 4.78 is 46.2. The summed E-state index contributed by atoms with van der Waals surface area (Å²) in [5.74, 6) is -0.645. The van der Waals surface area contributed by atoms with Crippen LogP contribution in [0.5, 0.6) is 5.75 Å². The van der Waals surface area contributed by atoms with Crippen molar-refractivity contribution in [1.82, 2.24) is 4.98 Å². The highest BCUT2D eigenvalue weighted by atomic mass is 19.4. The van der Waals surface area contributed by atoms with Crippen LogP contribution in [0, 0.1) is 6.92 Å². The zero-order valence-corrected chi connectivity index (χ0v) is 13.1. The lowest BCUT2D eigenvalue weighted by molar-refractivity contribution is -0.274. The minimum Gasteiger partial charge on any atom is -0.497 e. The van der Waals surface area contributed by atoms with E-state index in [4.69, 9.17) is 4.74 Å². The van der Waals surface area contributed by atoms with Gasteiger partial charge in [-0.05, 0) is 47.9 Å². The molecule has 2 unspecified atom stereocenters. The van der Waals surface area contributed by atoms with E-state index in [9.17, 15) is 18.3 Å². The number of benzene rings is 1. The molecule has 3 nitrogen and oxygen atoms in total. The number of aryl methyl sites for hydroxylation is 1. The van der Waals surface area contributed by atoms with Crippen molar-refractivity contribution in [3.8, 4) is 5.75 Å². The van der Waals surface area contributed by atoms with Gasteiger partial charge < -0.3 is 9.84 Å². The first-order valence-electron chi connectivity index (χ1n) is 7.06. The van der Waals surface area contributed by atoms with Gasteiger partial charge in [0.2, 0.25) is 0 Å². The Labute approximate surface area is 132 Å². The molecule has 1 aromatic heterocycles. The van der Waals surface area contributed by atoms with Gasteiger partial charge in [0.05, 0.1) is 7.11 Å². The topological polar surface area (TPSA) is 42.4 Å². The molecule has 2 atom stereocenters. The molecule has 1 heterocycles. The van der Waals surface area contributed by atoms with Gasteiger partial charge in [-0.2, -0.15) is 13.2 Å². The molecule has 0 aliphatic heterocycles. The van der Waals surface area contributed by atoms with Gasteiger partial charge in [0.1, 0.15) is 5.75 Å². The number of aliphatic hydroxyl groups is 1. The Morgan fingerprint density at radius 1 is 1.13 bits per heavy atom. The van der Waals surface area contributed by atoms with E-state index in [2.05, 4.69) is 4.98 Å². The Bertz CT molecular complexity index is 673. The summed E-state index contributed by atoms with van der Waals surface area (Å²) in [5.41, 5.74) is -2.21. The molecular weight excluding hydrogens is 307 g/mol. The summed E-state index contributed by atoms with van der Waals surface area (Å²) in [7, 11) is 1.49. The Morgan fingerprint density at radius 3 is 2.22 bits per heavy atom. The average molecular weight is 325 g/mol. The van der Waals surface area contributed by atoms with Crippen molar-refractivity contribution < 1.29 is 23.0 Å². The number of halogens is 3. The average Bonchev–Trinajstić information content (AvgIpc) is 2.53. The molecule has 2 rings (SSSR count). The lowest BCUT2D eigenvalue weighted by Gasteiger charge is -2.37. The molecule has 0 spiro atoms. The SMILES string of the molecule is COc1ccc(C(C)C(O)(c2ccncc2)C(F)(F)F)c(C)c1. The lowest BCUT2D eigenvalue weighted by Crippen LogP contribution is -2.46. The monoisotopic (exact) mass is 325 g/mol. The first kappa shape index (κ1) is 17.3. The maximum atomic E-state index is 13.7. The van der Waals surface area contributed by atoms with Gasteiger partial charge in [0.25, 0.3) is 0 Å². The predicted molar refractivity (Wildman–Crippen MR) is 80.3 cm³/mol. The molecule has 6 heteroatoms. The molecule has 0 saturated carbocycles. The van der Waals surface area contributed by atoms with Crippen molar-refractivity contribution in [2.75, 3.05) is 7.11 Å². The van der Waals surface area contributed by atoms with Crippen LogP contribution in [0.2, 0.25) is 0 Å². The van der Waals surface area contributed by atoms with Crippen molar-refractivity contribution in [2.45, 2.75) is 31.5 Å². The van der Waals surface area contributed by atoms with Crippen LogP contribution in [0.4, 0.5) is 13.2 Å². The number of pyridine rings is 1. The highest BCUT2D eigenvalue weighted by molar-refractivity contribution is 5.40. The highest BCUT2D eigenvalue weighted by Crippen LogP contribution is 2.49. The van der Waals surface area contributed by atoms with Gasteiger partial charge in [-0.3, -0.25) is 4.98 Å². The molecule has 0 bridgehead atoms. The smallest absolute Gasteiger partial charge is 0.422 e. The van der Waals surface area contributed by atoms with Gasteiger partial charge in [0.15, 0.2) is 5.60 Å². The summed E-state index contributed by atoms with van der Waals surface area (Å²) in [6, 6.07) is 7.15. The molecule has 2 aromatic rings. The quantitative estimate of drug-likeness (QED) is 0.925. The fourth-order valence-electron chi connectivity index (χ4n) is 2.75. The van der Waals surface area contributed by atoms with E-state index in [1.54, 1.807) is 25.1 Å². The first-order chi connectivity index (χ1) is 10.7. The Morgan fingerprint density at radius 2 is 1.74 bits per heavy atom. The van der Waals surface area contributed by atoms with Crippen LogP contribution in [0.1, 0.15) is 29.5 Å². The maximum absolute atomic E-state index is 13.7. The Balaban J connectivity index is 2.57. The largest absolute Gasteiger partial charge is 0.497 e. The van der Waals surface area contributed by atoms with Crippen molar-refractivity contribution in [1.29, 1.82) is 0 Å². The zero-order chi connectivity index (χ0) is 17.3. The fraction of sp³-hybridized carbons (Fsp3) is 0.353. The number of rotatable bonds is 4. The van der Waals surface area contributed by atoms with Crippen LogP contribution in [-0.2, 0) is 5.60 Å². The normalized spacial score (nSPS) is 15.8. The third-order valence-electron chi connectivity index (χ3n) is 4.12. The molecular formula is C17H18F3NO2. The first-order valence-corrected chi connectivity index (χ1v) is 7.06.